The van der Waals surface area contributed by atoms with Gasteiger partial charge in [-0.1, -0.05) is 27.7 Å². The highest BCUT2D eigenvalue weighted by atomic mass is 32.1. The zero-order valence-electron chi connectivity index (χ0n) is 12.2. The fourth-order valence-electron chi connectivity index (χ4n) is 1.63. The maximum Gasteiger partial charge on any atom is 0.242 e. The van der Waals surface area contributed by atoms with Crippen LogP contribution in [-0.2, 0) is 9.59 Å². The van der Waals surface area contributed by atoms with Crippen molar-refractivity contribution in [2.24, 2.45) is 11.5 Å². The van der Waals surface area contributed by atoms with E-state index >= 15 is 0 Å². The summed E-state index contributed by atoms with van der Waals surface area (Å²) in [6.45, 7) is 8.57. The van der Waals surface area contributed by atoms with Gasteiger partial charge in [0.25, 0.3) is 0 Å². The number of carbonyl (C=O) groups excluding carboxylic acids is 2. The Labute approximate surface area is 120 Å². The van der Waals surface area contributed by atoms with Gasteiger partial charge in [-0.3, -0.25) is 9.59 Å². The van der Waals surface area contributed by atoms with E-state index in [0.29, 0.717) is 13.0 Å². The fourth-order valence-corrected chi connectivity index (χ4v) is 1.70. The van der Waals surface area contributed by atoms with Crippen LogP contribution in [0.2, 0.25) is 0 Å². The van der Waals surface area contributed by atoms with Crippen molar-refractivity contribution in [1.29, 1.82) is 0 Å². The summed E-state index contributed by atoms with van der Waals surface area (Å²) in [5.74, 6) is -0.666. The van der Waals surface area contributed by atoms with E-state index in [0.717, 1.165) is 6.42 Å². The van der Waals surface area contributed by atoms with Crippen molar-refractivity contribution in [3.05, 3.63) is 0 Å². The predicted molar refractivity (Wildman–Crippen MR) is 81.4 cm³/mol. The van der Waals surface area contributed by atoms with Crippen LogP contribution in [0.4, 0.5) is 0 Å². The molecule has 1 saturated heterocycles. The first kappa shape index (κ1) is 20.0. The number of rotatable bonds is 3. The Bertz CT molecular complexity index is 297. The van der Waals surface area contributed by atoms with Crippen LogP contribution in [0.25, 0.3) is 0 Å². The Hall–Kier alpha value is -1.37. The maximum absolute atomic E-state index is 11.6. The lowest BCUT2D eigenvalue weighted by Crippen LogP contribution is -2.48. The maximum atomic E-state index is 11.6. The zero-order chi connectivity index (χ0) is 15.4. The molecule has 1 heterocycles. The van der Waals surface area contributed by atoms with Crippen LogP contribution in [0.1, 0.15) is 40.5 Å². The lowest BCUT2D eigenvalue weighted by Gasteiger charge is -2.22. The second-order valence-electron chi connectivity index (χ2n) is 3.37. The first-order valence-electron chi connectivity index (χ1n) is 6.64. The molecule has 0 saturated carbocycles. The molecule has 1 rings (SSSR count). The minimum Gasteiger partial charge on any atom is -0.376 e. The molecule has 1 aliphatic rings. The summed E-state index contributed by atoms with van der Waals surface area (Å²) < 4.78 is 0. The molecule has 1 aliphatic heterocycles. The molecule has 0 unspecified atom stereocenters. The van der Waals surface area contributed by atoms with Crippen LogP contribution < -0.4 is 16.8 Å². The number of hydrogen-bond acceptors (Lipinski definition) is 3. The Morgan fingerprint density at radius 1 is 1.26 bits per heavy atom. The van der Waals surface area contributed by atoms with Crippen molar-refractivity contribution >= 4 is 29.1 Å². The molecule has 2 amide bonds. The van der Waals surface area contributed by atoms with E-state index in [2.05, 4.69) is 17.5 Å². The van der Waals surface area contributed by atoms with Crippen LogP contribution in [-0.4, -0.2) is 41.0 Å². The van der Waals surface area contributed by atoms with Gasteiger partial charge in [-0.05, 0) is 25.1 Å². The van der Waals surface area contributed by atoms with Crippen LogP contribution >= 0.6 is 12.2 Å². The summed E-state index contributed by atoms with van der Waals surface area (Å²) in [4.78, 5) is 24.1. The molecule has 7 heteroatoms. The molecule has 0 aromatic heterocycles. The van der Waals surface area contributed by atoms with Gasteiger partial charge in [0.1, 0.15) is 6.04 Å². The highest BCUT2D eigenvalue weighted by Crippen LogP contribution is 2.16. The summed E-state index contributed by atoms with van der Waals surface area (Å²) in [5.41, 5.74) is 10.4. The standard InChI is InChI=1S/C8H14N4O2S.2C2H6/c9-7(14)5-2-1-3-12(5)6(13)4-11-8(10)15;2*1-2/h5H,1-4H2,(H2,9,14)(H3,10,11,15);2*1-2H3/t5-;;/m0../s1. The van der Waals surface area contributed by atoms with E-state index < -0.39 is 11.9 Å². The lowest BCUT2D eigenvalue weighted by molar-refractivity contribution is -0.136. The average Bonchev–Trinajstić information content (AvgIpc) is 2.90. The molecular weight excluding hydrogens is 264 g/mol. The van der Waals surface area contributed by atoms with Crippen molar-refractivity contribution in [2.45, 2.75) is 46.6 Å². The van der Waals surface area contributed by atoms with Gasteiger partial charge in [-0.25, -0.2) is 0 Å². The normalized spacial score (nSPS) is 16.4. The summed E-state index contributed by atoms with van der Waals surface area (Å²) in [6.07, 6.45) is 1.43. The second-order valence-corrected chi connectivity index (χ2v) is 3.81. The smallest absolute Gasteiger partial charge is 0.242 e. The molecule has 6 nitrogen and oxygen atoms in total. The van der Waals surface area contributed by atoms with Crippen molar-refractivity contribution in [3.8, 4) is 0 Å². The third kappa shape index (κ3) is 7.61. The van der Waals surface area contributed by atoms with E-state index in [1.807, 2.05) is 27.7 Å². The minimum atomic E-state index is -0.481. The molecule has 112 valence electrons. The van der Waals surface area contributed by atoms with Gasteiger partial charge in [0.15, 0.2) is 5.11 Å². The quantitative estimate of drug-likeness (QED) is 0.651. The van der Waals surface area contributed by atoms with Crippen molar-refractivity contribution in [3.63, 3.8) is 0 Å². The number of nitrogens with zero attached hydrogens (tertiary/aromatic N) is 1. The minimum absolute atomic E-state index is 0.0130. The summed E-state index contributed by atoms with van der Waals surface area (Å²) in [5, 5.41) is 2.62. The highest BCUT2D eigenvalue weighted by molar-refractivity contribution is 7.80. The molecule has 0 aromatic rings. The van der Waals surface area contributed by atoms with Crippen LogP contribution in [0, 0.1) is 0 Å². The van der Waals surface area contributed by atoms with Crippen LogP contribution in [0.15, 0.2) is 0 Å². The molecule has 0 radical (unpaired) electrons. The summed E-state index contributed by atoms with van der Waals surface area (Å²) in [6, 6.07) is -0.481. The zero-order valence-corrected chi connectivity index (χ0v) is 13.0. The Morgan fingerprint density at radius 2 is 1.79 bits per heavy atom. The van der Waals surface area contributed by atoms with Gasteiger partial charge in [0.2, 0.25) is 11.8 Å². The molecule has 0 spiro atoms. The molecule has 0 bridgehead atoms. The van der Waals surface area contributed by atoms with Crippen LogP contribution in [0.3, 0.4) is 0 Å². The van der Waals surface area contributed by atoms with Crippen LogP contribution in [0.5, 0.6) is 0 Å². The Balaban J connectivity index is 0. The third-order valence-corrected chi connectivity index (χ3v) is 2.46. The molecule has 1 atom stereocenters. The van der Waals surface area contributed by atoms with E-state index in [9.17, 15) is 9.59 Å². The van der Waals surface area contributed by atoms with Gasteiger partial charge in [-0.2, -0.15) is 0 Å². The lowest BCUT2D eigenvalue weighted by atomic mass is 10.2. The van der Waals surface area contributed by atoms with Gasteiger partial charge in [0, 0.05) is 6.54 Å². The molecule has 0 aromatic carbocycles. The first-order chi connectivity index (χ1) is 9.02. The highest BCUT2D eigenvalue weighted by Gasteiger charge is 2.32. The largest absolute Gasteiger partial charge is 0.376 e. The number of thiocarbonyl (C=S) groups is 1. The summed E-state index contributed by atoms with van der Waals surface area (Å²) in [7, 11) is 0. The number of likely N-dealkylation sites (tertiary alicyclic amines) is 1. The number of amides is 2. The van der Waals surface area contributed by atoms with E-state index in [1.165, 1.54) is 4.90 Å². The predicted octanol–water partition coefficient (Wildman–Crippen LogP) is 0.348. The average molecular weight is 290 g/mol. The van der Waals surface area contributed by atoms with Crippen molar-refractivity contribution < 1.29 is 9.59 Å². The number of hydrogen-bond donors (Lipinski definition) is 3. The van der Waals surface area contributed by atoms with Crippen molar-refractivity contribution in [2.75, 3.05) is 13.1 Å². The number of nitrogens with one attached hydrogen (secondary N) is 1. The first-order valence-corrected chi connectivity index (χ1v) is 7.05. The van der Waals surface area contributed by atoms with E-state index in [-0.39, 0.29) is 17.6 Å². The number of carbonyl (C=O) groups is 2. The Morgan fingerprint density at radius 3 is 2.21 bits per heavy atom. The third-order valence-electron chi connectivity index (χ3n) is 2.32. The molecule has 1 fully saturated rings. The molecule has 19 heavy (non-hydrogen) atoms. The van der Waals surface area contributed by atoms with Gasteiger partial charge >= 0.3 is 0 Å². The molecule has 5 N–H and O–H groups in total. The monoisotopic (exact) mass is 290 g/mol. The van der Waals surface area contributed by atoms with E-state index in [1.54, 1.807) is 0 Å². The number of primary amides is 1. The topological polar surface area (TPSA) is 101 Å². The van der Waals surface area contributed by atoms with Gasteiger partial charge < -0.3 is 21.7 Å². The van der Waals surface area contributed by atoms with Gasteiger partial charge in [0.05, 0.1) is 6.54 Å². The number of nitrogens with two attached hydrogens (primary N) is 2. The fraction of sp³-hybridized carbons (Fsp3) is 0.750. The van der Waals surface area contributed by atoms with Gasteiger partial charge in [-0.15, -0.1) is 0 Å². The van der Waals surface area contributed by atoms with E-state index in [4.69, 9.17) is 11.5 Å². The molecular formula is C12H26N4O2S. The Kier molecular flexibility index (Phi) is 12.3. The second kappa shape index (κ2) is 11.7. The molecule has 0 aliphatic carbocycles. The summed E-state index contributed by atoms with van der Waals surface area (Å²) >= 11 is 4.57. The van der Waals surface area contributed by atoms with Crippen molar-refractivity contribution in [1.82, 2.24) is 10.2 Å². The SMILES string of the molecule is CC.CC.NC(=O)[C@@H]1CCCN1C(=O)CNC(N)=S.